The van der Waals surface area contributed by atoms with Crippen LogP contribution in [0.4, 0.5) is 0 Å². The summed E-state index contributed by atoms with van der Waals surface area (Å²) in [6, 6.07) is 39.8. The molecule has 0 amide bonds. The average Bonchev–Trinajstić information content (AvgIpc) is 2.93. The molecule has 0 aliphatic carbocycles. The van der Waals surface area contributed by atoms with Crippen LogP contribution in [0, 0.1) is 0 Å². The molecule has 0 aliphatic rings. The van der Waals surface area contributed by atoms with Crippen LogP contribution in [0.1, 0.15) is 10.4 Å². The zero-order chi connectivity index (χ0) is 24.2. The van der Waals surface area contributed by atoms with Crippen molar-refractivity contribution in [3.8, 4) is 50.3 Å². The molecule has 5 aromatic rings. The Morgan fingerprint density at radius 3 is 1.60 bits per heavy atom. The molecule has 0 aliphatic heterocycles. The van der Waals surface area contributed by atoms with E-state index < -0.39 is 5.97 Å². The van der Waals surface area contributed by atoms with E-state index in [2.05, 4.69) is 36.4 Å². The maximum absolute atomic E-state index is 12.2. The number of benzene rings is 5. The SMILES string of the molecule is COc1ccc(-c2cc(-c3ccccc3)c(-c3ccccc3C(=O)O)c(-c3ccccc3)c2)cc1. The second-order valence-corrected chi connectivity index (χ2v) is 8.26. The van der Waals surface area contributed by atoms with Crippen LogP contribution in [0.15, 0.2) is 121 Å². The Kier molecular flexibility index (Phi) is 6.15. The first-order chi connectivity index (χ1) is 17.2. The van der Waals surface area contributed by atoms with Crippen LogP contribution in [0.2, 0.25) is 0 Å². The molecule has 3 nitrogen and oxygen atoms in total. The highest BCUT2D eigenvalue weighted by Gasteiger charge is 2.21. The van der Waals surface area contributed by atoms with Crippen molar-refractivity contribution in [3.05, 3.63) is 127 Å². The van der Waals surface area contributed by atoms with Gasteiger partial charge < -0.3 is 9.84 Å². The number of aromatic carboxylic acids is 1. The van der Waals surface area contributed by atoms with E-state index in [-0.39, 0.29) is 5.56 Å². The average molecular weight is 457 g/mol. The first kappa shape index (κ1) is 22.2. The van der Waals surface area contributed by atoms with Gasteiger partial charge >= 0.3 is 5.97 Å². The summed E-state index contributed by atoms with van der Waals surface area (Å²) < 4.78 is 5.35. The van der Waals surface area contributed by atoms with Crippen LogP contribution >= 0.6 is 0 Å². The lowest BCUT2D eigenvalue weighted by Gasteiger charge is -2.20. The van der Waals surface area contributed by atoms with E-state index in [1.54, 1.807) is 19.2 Å². The van der Waals surface area contributed by atoms with E-state index >= 15 is 0 Å². The van der Waals surface area contributed by atoms with Crippen LogP contribution in [0.25, 0.3) is 44.5 Å². The first-order valence-corrected chi connectivity index (χ1v) is 11.4. The topological polar surface area (TPSA) is 46.5 Å². The monoisotopic (exact) mass is 456 g/mol. The summed E-state index contributed by atoms with van der Waals surface area (Å²) >= 11 is 0. The van der Waals surface area contributed by atoms with E-state index in [0.29, 0.717) is 5.56 Å². The normalized spacial score (nSPS) is 10.7. The van der Waals surface area contributed by atoms with Gasteiger partial charge in [0.25, 0.3) is 0 Å². The Balaban J connectivity index is 1.88. The molecule has 0 atom stereocenters. The van der Waals surface area contributed by atoms with Gasteiger partial charge in [-0.05, 0) is 74.8 Å². The van der Waals surface area contributed by atoms with Gasteiger partial charge in [-0.25, -0.2) is 4.79 Å². The predicted molar refractivity (Wildman–Crippen MR) is 142 cm³/mol. The van der Waals surface area contributed by atoms with Crippen LogP contribution in [0.5, 0.6) is 5.75 Å². The molecule has 0 saturated heterocycles. The largest absolute Gasteiger partial charge is 0.497 e. The van der Waals surface area contributed by atoms with Crippen molar-refractivity contribution in [3.63, 3.8) is 0 Å². The number of ether oxygens (including phenoxy) is 1. The minimum Gasteiger partial charge on any atom is -0.497 e. The molecule has 35 heavy (non-hydrogen) atoms. The Morgan fingerprint density at radius 1 is 0.571 bits per heavy atom. The van der Waals surface area contributed by atoms with Gasteiger partial charge in [0.2, 0.25) is 0 Å². The van der Waals surface area contributed by atoms with Crippen molar-refractivity contribution in [2.45, 2.75) is 0 Å². The second-order valence-electron chi connectivity index (χ2n) is 8.26. The molecule has 0 bridgehead atoms. The molecule has 1 N–H and O–H groups in total. The summed E-state index contributed by atoms with van der Waals surface area (Å²) in [5, 5.41) is 10.0. The van der Waals surface area contributed by atoms with Crippen molar-refractivity contribution in [2.24, 2.45) is 0 Å². The molecule has 3 heteroatoms. The van der Waals surface area contributed by atoms with Crippen molar-refractivity contribution >= 4 is 5.97 Å². The van der Waals surface area contributed by atoms with Crippen molar-refractivity contribution in [1.29, 1.82) is 0 Å². The molecular weight excluding hydrogens is 432 g/mol. The van der Waals surface area contributed by atoms with E-state index in [1.165, 1.54) is 0 Å². The smallest absolute Gasteiger partial charge is 0.336 e. The second kappa shape index (κ2) is 9.70. The molecule has 170 valence electrons. The third kappa shape index (κ3) is 4.44. The van der Waals surface area contributed by atoms with Gasteiger partial charge in [-0.15, -0.1) is 0 Å². The Labute approximate surface area is 204 Å². The number of carbonyl (C=O) groups is 1. The molecule has 5 rings (SSSR count). The summed E-state index contributed by atoms with van der Waals surface area (Å²) in [6.07, 6.45) is 0. The number of hydrogen-bond acceptors (Lipinski definition) is 2. The van der Waals surface area contributed by atoms with Gasteiger partial charge in [0, 0.05) is 0 Å². The molecular formula is C32H24O3. The fraction of sp³-hybridized carbons (Fsp3) is 0.0312. The van der Waals surface area contributed by atoms with Crippen LogP contribution in [-0.2, 0) is 0 Å². The van der Waals surface area contributed by atoms with Crippen molar-refractivity contribution in [2.75, 3.05) is 7.11 Å². The van der Waals surface area contributed by atoms with Crippen molar-refractivity contribution < 1.29 is 14.6 Å². The molecule has 0 saturated carbocycles. The Hall–Kier alpha value is -4.63. The summed E-state index contributed by atoms with van der Waals surface area (Å²) in [7, 11) is 1.66. The Bertz CT molecular complexity index is 1410. The lowest BCUT2D eigenvalue weighted by molar-refractivity contribution is 0.0697. The summed E-state index contributed by atoms with van der Waals surface area (Å²) in [4.78, 5) is 12.2. The van der Waals surface area contributed by atoms with Crippen molar-refractivity contribution in [1.82, 2.24) is 0 Å². The van der Waals surface area contributed by atoms with Gasteiger partial charge in [-0.3, -0.25) is 0 Å². The highest BCUT2D eigenvalue weighted by atomic mass is 16.5. The summed E-state index contributed by atoms with van der Waals surface area (Å²) in [5.74, 6) is -0.148. The van der Waals surface area contributed by atoms with Gasteiger partial charge in [0.15, 0.2) is 0 Å². The van der Waals surface area contributed by atoms with E-state index in [1.807, 2.05) is 72.8 Å². The standard InChI is InChI=1S/C32H24O3/c1-35-26-18-16-22(17-19-26)25-20-29(23-10-4-2-5-11-23)31(27-14-8-9-15-28(27)32(33)34)30(21-25)24-12-6-3-7-13-24/h2-21H,1H3,(H,33,34). The van der Waals surface area contributed by atoms with Crippen LogP contribution < -0.4 is 4.74 Å². The molecule has 0 radical (unpaired) electrons. The van der Waals surface area contributed by atoms with E-state index in [9.17, 15) is 9.90 Å². The van der Waals surface area contributed by atoms with Crippen LogP contribution in [0.3, 0.4) is 0 Å². The minimum absolute atomic E-state index is 0.277. The maximum Gasteiger partial charge on any atom is 0.336 e. The molecule has 0 aromatic heterocycles. The summed E-state index contributed by atoms with van der Waals surface area (Å²) in [6.45, 7) is 0. The predicted octanol–water partition coefficient (Wildman–Crippen LogP) is 8.06. The summed E-state index contributed by atoms with van der Waals surface area (Å²) in [5.41, 5.74) is 7.97. The molecule has 0 unspecified atom stereocenters. The fourth-order valence-corrected chi connectivity index (χ4v) is 4.46. The maximum atomic E-state index is 12.2. The zero-order valence-corrected chi connectivity index (χ0v) is 19.3. The molecule has 0 fully saturated rings. The third-order valence-corrected chi connectivity index (χ3v) is 6.16. The molecule has 0 spiro atoms. The number of rotatable bonds is 6. The molecule has 5 aromatic carbocycles. The minimum atomic E-state index is -0.946. The quantitative estimate of drug-likeness (QED) is 0.281. The fourth-order valence-electron chi connectivity index (χ4n) is 4.46. The number of carboxylic acids is 1. The van der Waals surface area contributed by atoms with Gasteiger partial charge in [0.1, 0.15) is 5.75 Å². The van der Waals surface area contributed by atoms with Gasteiger partial charge in [0.05, 0.1) is 12.7 Å². The van der Waals surface area contributed by atoms with Gasteiger partial charge in [-0.2, -0.15) is 0 Å². The number of methoxy groups -OCH3 is 1. The lowest BCUT2D eigenvalue weighted by Crippen LogP contribution is -2.01. The molecule has 0 heterocycles. The number of carboxylic acid groups (broad SMARTS) is 1. The van der Waals surface area contributed by atoms with Crippen LogP contribution in [-0.4, -0.2) is 18.2 Å². The zero-order valence-electron chi connectivity index (χ0n) is 19.3. The Morgan fingerprint density at radius 2 is 1.09 bits per heavy atom. The first-order valence-electron chi connectivity index (χ1n) is 11.4. The van der Waals surface area contributed by atoms with E-state index in [0.717, 1.165) is 44.7 Å². The number of hydrogen-bond donors (Lipinski definition) is 1. The van der Waals surface area contributed by atoms with Gasteiger partial charge in [-0.1, -0.05) is 91.0 Å². The lowest BCUT2D eigenvalue weighted by atomic mass is 9.83. The third-order valence-electron chi connectivity index (χ3n) is 6.16. The highest BCUT2D eigenvalue weighted by Crippen LogP contribution is 2.44. The highest BCUT2D eigenvalue weighted by molar-refractivity contribution is 6.04. The van der Waals surface area contributed by atoms with E-state index in [4.69, 9.17) is 4.74 Å².